The fourth-order valence-corrected chi connectivity index (χ4v) is 2.97. The van der Waals surface area contributed by atoms with E-state index < -0.39 is 0 Å². The van der Waals surface area contributed by atoms with Crippen LogP contribution in [-0.4, -0.2) is 41.8 Å². The molecule has 1 N–H and O–H groups in total. The molecule has 0 unspecified atom stereocenters. The van der Waals surface area contributed by atoms with Crippen molar-refractivity contribution in [3.05, 3.63) is 29.8 Å². The first-order chi connectivity index (χ1) is 8.31. The van der Waals surface area contributed by atoms with Crippen LogP contribution in [0.5, 0.6) is 5.75 Å². The maximum Gasteiger partial charge on any atom is 0.123 e. The lowest BCUT2D eigenvalue weighted by molar-refractivity contribution is 0.0151. The van der Waals surface area contributed by atoms with Crippen LogP contribution in [0.25, 0.3) is 0 Å². The standard InChI is InChI=1S/C14H19NO2.ClH/c16-10-9-15-7-5-14(6-8-15)11-12-3-1-2-4-13(12)17-14;/h1-4,16H,5-11H2;1H. The zero-order valence-electron chi connectivity index (χ0n) is 10.5. The molecule has 100 valence electrons. The van der Waals surface area contributed by atoms with Gasteiger partial charge in [0.25, 0.3) is 0 Å². The summed E-state index contributed by atoms with van der Waals surface area (Å²) in [4.78, 5) is 2.32. The molecule has 0 atom stereocenters. The minimum absolute atomic E-state index is 0. The highest BCUT2D eigenvalue weighted by Crippen LogP contribution is 2.40. The van der Waals surface area contributed by atoms with Crippen molar-refractivity contribution in [1.29, 1.82) is 0 Å². The lowest BCUT2D eigenvalue weighted by Gasteiger charge is -2.38. The first-order valence-corrected chi connectivity index (χ1v) is 6.41. The molecule has 3 rings (SSSR count). The highest BCUT2D eigenvalue weighted by Gasteiger charge is 2.41. The zero-order chi connectivity index (χ0) is 11.7. The number of aliphatic hydroxyl groups is 1. The van der Waals surface area contributed by atoms with Gasteiger partial charge in [-0.25, -0.2) is 0 Å². The normalized spacial score (nSPS) is 21.2. The molecule has 0 saturated carbocycles. The number of para-hydroxylation sites is 1. The summed E-state index contributed by atoms with van der Waals surface area (Å²) in [5.41, 5.74) is 1.39. The summed E-state index contributed by atoms with van der Waals surface area (Å²) in [6.07, 6.45) is 3.19. The van der Waals surface area contributed by atoms with Crippen LogP contribution in [0.4, 0.5) is 0 Å². The number of aliphatic hydroxyl groups excluding tert-OH is 1. The number of hydrogen-bond acceptors (Lipinski definition) is 3. The first kappa shape index (κ1) is 13.7. The van der Waals surface area contributed by atoms with E-state index in [1.165, 1.54) is 5.56 Å². The Kier molecular flexibility index (Phi) is 4.15. The van der Waals surface area contributed by atoms with Gasteiger partial charge in [-0.2, -0.15) is 0 Å². The molecule has 4 heteroatoms. The molecule has 1 saturated heterocycles. The van der Waals surface area contributed by atoms with E-state index in [-0.39, 0.29) is 24.6 Å². The number of ether oxygens (including phenoxy) is 1. The largest absolute Gasteiger partial charge is 0.487 e. The van der Waals surface area contributed by atoms with E-state index in [9.17, 15) is 0 Å². The van der Waals surface area contributed by atoms with Gasteiger partial charge in [-0.3, -0.25) is 0 Å². The average Bonchev–Trinajstić information content (AvgIpc) is 2.70. The Morgan fingerprint density at radius 2 is 1.94 bits per heavy atom. The number of β-amino-alcohol motifs (C(OH)–C–C–N with tert-alkyl or cyclic N) is 1. The second kappa shape index (κ2) is 5.47. The Bertz CT molecular complexity index is 376. The van der Waals surface area contributed by atoms with Crippen molar-refractivity contribution in [2.75, 3.05) is 26.2 Å². The Morgan fingerprint density at radius 3 is 2.61 bits per heavy atom. The summed E-state index contributed by atoms with van der Waals surface area (Å²) >= 11 is 0. The van der Waals surface area contributed by atoms with Crippen molar-refractivity contribution >= 4 is 12.4 Å². The van der Waals surface area contributed by atoms with E-state index in [4.69, 9.17) is 9.84 Å². The quantitative estimate of drug-likeness (QED) is 0.890. The van der Waals surface area contributed by atoms with Gasteiger partial charge < -0.3 is 14.7 Å². The van der Waals surface area contributed by atoms with Gasteiger partial charge in [-0.05, 0) is 11.6 Å². The molecule has 18 heavy (non-hydrogen) atoms. The molecule has 0 aromatic heterocycles. The number of hydrogen-bond donors (Lipinski definition) is 1. The second-order valence-electron chi connectivity index (χ2n) is 5.13. The molecular weight excluding hydrogens is 250 g/mol. The summed E-state index contributed by atoms with van der Waals surface area (Å²) in [7, 11) is 0. The van der Waals surface area contributed by atoms with Crippen molar-refractivity contribution in [1.82, 2.24) is 4.90 Å². The van der Waals surface area contributed by atoms with E-state index >= 15 is 0 Å². The third-order valence-electron chi connectivity index (χ3n) is 4.00. The van der Waals surface area contributed by atoms with Gasteiger partial charge in [0.05, 0.1) is 6.61 Å². The maximum absolute atomic E-state index is 8.94. The van der Waals surface area contributed by atoms with Crippen molar-refractivity contribution < 1.29 is 9.84 Å². The van der Waals surface area contributed by atoms with E-state index in [0.29, 0.717) is 0 Å². The molecule has 1 aromatic rings. The molecule has 2 aliphatic rings. The molecule has 1 fully saturated rings. The number of benzene rings is 1. The zero-order valence-corrected chi connectivity index (χ0v) is 11.3. The number of rotatable bonds is 2. The molecule has 3 nitrogen and oxygen atoms in total. The molecule has 1 aromatic carbocycles. The second-order valence-corrected chi connectivity index (χ2v) is 5.13. The van der Waals surface area contributed by atoms with Gasteiger partial charge in [0, 0.05) is 38.9 Å². The van der Waals surface area contributed by atoms with Crippen LogP contribution in [0.15, 0.2) is 24.3 Å². The third kappa shape index (κ3) is 2.48. The van der Waals surface area contributed by atoms with E-state index in [2.05, 4.69) is 23.1 Å². The number of piperidine rings is 1. The van der Waals surface area contributed by atoms with Crippen LogP contribution >= 0.6 is 12.4 Å². The molecule has 0 amide bonds. The van der Waals surface area contributed by atoms with Crippen molar-refractivity contribution in [2.24, 2.45) is 0 Å². The third-order valence-corrected chi connectivity index (χ3v) is 4.00. The van der Waals surface area contributed by atoms with Gasteiger partial charge in [-0.15, -0.1) is 12.4 Å². The van der Waals surface area contributed by atoms with Crippen molar-refractivity contribution in [3.63, 3.8) is 0 Å². The summed E-state index contributed by atoms with van der Waals surface area (Å²) in [5.74, 6) is 1.07. The Hall–Kier alpha value is -0.770. The molecule has 1 spiro atoms. The number of likely N-dealkylation sites (tertiary alicyclic amines) is 1. The van der Waals surface area contributed by atoms with Gasteiger partial charge in [0.2, 0.25) is 0 Å². The van der Waals surface area contributed by atoms with Gasteiger partial charge in [-0.1, -0.05) is 18.2 Å². The Morgan fingerprint density at radius 1 is 1.22 bits per heavy atom. The minimum Gasteiger partial charge on any atom is -0.487 e. The van der Waals surface area contributed by atoms with Crippen LogP contribution in [0, 0.1) is 0 Å². The van der Waals surface area contributed by atoms with E-state index in [0.717, 1.165) is 44.6 Å². The summed E-state index contributed by atoms with van der Waals surface area (Å²) in [6.45, 7) is 3.13. The summed E-state index contributed by atoms with van der Waals surface area (Å²) in [5, 5.41) is 8.94. The van der Waals surface area contributed by atoms with Crippen LogP contribution in [0.3, 0.4) is 0 Å². The van der Waals surface area contributed by atoms with Crippen LogP contribution in [-0.2, 0) is 6.42 Å². The number of halogens is 1. The summed E-state index contributed by atoms with van der Waals surface area (Å²) < 4.78 is 6.17. The van der Waals surface area contributed by atoms with Crippen LogP contribution < -0.4 is 4.74 Å². The lowest BCUT2D eigenvalue weighted by Crippen LogP contribution is -2.47. The number of fused-ring (bicyclic) bond motifs is 1. The predicted octanol–water partition coefficient (Wildman–Crippen LogP) is 1.87. The topological polar surface area (TPSA) is 32.7 Å². The van der Waals surface area contributed by atoms with Gasteiger partial charge >= 0.3 is 0 Å². The van der Waals surface area contributed by atoms with E-state index in [1.807, 2.05) is 6.07 Å². The fourth-order valence-electron chi connectivity index (χ4n) is 2.97. The van der Waals surface area contributed by atoms with Crippen molar-refractivity contribution in [3.8, 4) is 5.75 Å². The number of nitrogens with zero attached hydrogens (tertiary/aromatic N) is 1. The predicted molar refractivity (Wildman–Crippen MR) is 73.5 cm³/mol. The molecule has 0 radical (unpaired) electrons. The smallest absolute Gasteiger partial charge is 0.123 e. The SMILES string of the molecule is Cl.OCCN1CCC2(CC1)Cc1ccccc1O2. The average molecular weight is 270 g/mol. The molecule has 0 bridgehead atoms. The monoisotopic (exact) mass is 269 g/mol. The summed E-state index contributed by atoms with van der Waals surface area (Å²) in [6, 6.07) is 8.37. The Balaban J connectivity index is 0.00000120. The van der Waals surface area contributed by atoms with Crippen LogP contribution in [0.1, 0.15) is 18.4 Å². The van der Waals surface area contributed by atoms with Crippen LogP contribution in [0.2, 0.25) is 0 Å². The molecule has 2 heterocycles. The first-order valence-electron chi connectivity index (χ1n) is 6.41. The van der Waals surface area contributed by atoms with Gasteiger partial charge in [0.15, 0.2) is 0 Å². The highest BCUT2D eigenvalue weighted by molar-refractivity contribution is 5.85. The fraction of sp³-hybridized carbons (Fsp3) is 0.571. The maximum atomic E-state index is 8.94. The van der Waals surface area contributed by atoms with Crippen molar-refractivity contribution in [2.45, 2.75) is 24.9 Å². The Labute approximate surface area is 114 Å². The van der Waals surface area contributed by atoms with E-state index in [1.54, 1.807) is 0 Å². The lowest BCUT2D eigenvalue weighted by atomic mass is 9.87. The minimum atomic E-state index is 0. The molecular formula is C14H20ClNO2. The highest BCUT2D eigenvalue weighted by atomic mass is 35.5. The molecule has 2 aliphatic heterocycles. The molecule has 0 aliphatic carbocycles. The van der Waals surface area contributed by atoms with Gasteiger partial charge in [0.1, 0.15) is 11.4 Å².